The van der Waals surface area contributed by atoms with Gasteiger partial charge in [0.05, 0.1) is 25.1 Å². The summed E-state index contributed by atoms with van der Waals surface area (Å²) in [6, 6.07) is 1.58. The van der Waals surface area contributed by atoms with Gasteiger partial charge in [-0.05, 0) is 24.8 Å². The number of hydrogen-bond donors (Lipinski definition) is 1. The summed E-state index contributed by atoms with van der Waals surface area (Å²) in [6.07, 6.45) is 6.03. The molecule has 0 bridgehead atoms. The van der Waals surface area contributed by atoms with Crippen molar-refractivity contribution in [2.75, 3.05) is 51.0 Å². The van der Waals surface area contributed by atoms with Crippen molar-refractivity contribution in [3.8, 4) is 11.5 Å². The predicted molar refractivity (Wildman–Crippen MR) is 108 cm³/mol. The fourth-order valence-electron chi connectivity index (χ4n) is 3.45. The summed E-state index contributed by atoms with van der Waals surface area (Å²) >= 11 is 0. The maximum absolute atomic E-state index is 14.8. The van der Waals surface area contributed by atoms with Crippen molar-refractivity contribution < 1.29 is 18.7 Å². The van der Waals surface area contributed by atoms with Crippen LogP contribution in [0.5, 0.6) is 11.5 Å². The molecule has 154 valence electrons. The lowest BCUT2D eigenvalue weighted by molar-refractivity contribution is -0.126. The Balaban J connectivity index is 1.54. The quantitative estimate of drug-likeness (QED) is 0.766. The summed E-state index contributed by atoms with van der Waals surface area (Å²) in [7, 11) is 2.79. The first-order valence-electron chi connectivity index (χ1n) is 9.61. The minimum atomic E-state index is -0.649. The molecule has 2 heterocycles. The molecule has 2 aliphatic rings. The predicted octanol–water partition coefficient (Wildman–Crippen LogP) is 1.98. The Morgan fingerprint density at radius 2 is 1.93 bits per heavy atom. The molecule has 29 heavy (non-hydrogen) atoms. The average Bonchev–Trinajstić information content (AvgIpc) is 3.56. The van der Waals surface area contributed by atoms with Crippen molar-refractivity contribution >= 4 is 28.6 Å². The van der Waals surface area contributed by atoms with E-state index in [1.54, 1.807) is 12.1 Å². The fraction of sp³-hybridized carbons (Fsp3) is 0.450. The Kier molecular flexibility index (Phi) is 5.12. The molecule has 0 radical (unpaired) electrons. The van der Waals surface area contributed by atoms with Gasteiger partial charge in [-0.15, -0.1) is 0 Å². The van der Waals surface area contributed by atoms with Crippen LogP contribution in [0.2, 0.25) is 0 Å². The summed E-state index contributed by atoms with van der Waals surface area (Å²) in [5.41, 5.74) is 6.38. The van der Waals surface area contributed by atoms with Gasteiger partial charge in [-0.2, -0.15) is 4.98 Å². The Morgan fingerprint density at radius 1 is 1.21 bits per heavy atom. The molecule has 1 aliphatic heterocycles. The zero-order valence-electron chi connectivity index (χ0n) is 16.5. The summed E-state index contributed by atoms with van der Waals surface area (Å²) in [4.78, 5) is 24.8. The monoisotopic (exact) mass is 401 g/mol. The Morgan fingerprint density at radius 3 is 2.55 bits per heavy atom. The highest BCUT2D eigenvalue weighted by atomic mass is 19.1. The SMILES string of the molecule is COc1cc2nc(N3CCN(C(=O)/C=C/C4CC4)CC3)nc(N)c2c(F)c1OC. The molecular weight excluding hydrogens is 377 g/mol. The molecule has 1 saturated heterocycles. The molecule has 4 rings (SSSR count). The largest absolute Gasteiger partial charge is 0.493 e. The van der Waals surface area contributed by atoms with Crippen LogP contribution < -0.4 is 20.1 Å². The van der Waals surface area contributed by atoms with Gasteiger partial charge < -0.3 is 25.0 Å². The number of piperazine rings is 1. The lowest BCUT2D eigenvalue weighted by Crippen LogP contribution is -2.48. The standard InChI is InChI=1S/C20H24FN5O3/c1-28-14-11-13-16(17(21)18(14)29-2)19(22)24-20(23-13)26-9-7-25(8-10-26)15(27)6-5-12-3-4-12/h5-6,11-12H,3-4,7-10H2,1-2H3,(H2,22,23,24)/b6-5+. The maximum atomic E-state index is 14.8. The fourth-order valence-corrected chi connectivity index (χ4v) is 3.45. The van der Waals surface area contributed by atoms with Gasteiger partial charge in [-0.25, -0.2) is 9.37 Å². The van der Waals surface area contributed by atoms with Crippen molar-refractivity contribution in [3.63, 3.8) is 0 Å². The average molecular weight is 401 g/mol. The van der Waals surface area contributed by atoms with Crippen LogP contribution in [0.4, 0.5) is 16.2 Å². The number of halogens is 1. The minimum absolute atomic E-state index is 0.0329. The van der Waals surface area contributed by atoms with E-state index in [-0.39, 0.29) is 28.6 Å². The van der Waals surface area contributed by atoms with Gasteiger partial charge in [0.15, 0.2) is 17.3 Å². The van der Waals surface area contributed by atoms with Crippen molar-refractivity contribution in [3.05, 3.63) is 24.0 Å². The third-order valence-electron chi connectivity index (χ3n) is 5.29. The first-order valence-corrected chi connectivity index (χ1v) is 9.61. The number of carbonyl (C=O) groups excluding carboxylic acids is 1. The number of anilines is 2. The van der Waals surface area contributed by atoms with Crippen molar-refractivity contribution in [1.29, 1.82) is 0 Å². The molecular formula is C20H24FN5O3. The van der Waals surface area contributed by atoms with Gasteiger partial charge in [0.1, 0.15) is 5.82 Å². The van der Waals surface area contributed by atoms with Gasteiger partial charge in [-0.1, -0.05) is 6.08 Å². The molecule has 0 unspecified atom stereocenters. The minimum Gasteiger partial charge on any atom is -0.493 e. The van der Waals surface area contributed by atoms with Gasteiger partial charge >= 0.3 is 0 Å². The smallest absolute Gasteiger partial charge is 0.246 e. The molecule has 2 aromatic rings. The molecule has 1 amide bonds. The number of amides is 1. The van der Waals surface area contributed by atoms with Crippen LogP contribution in [0.3, 0.4) is 0 Å². The summed E-state index contributed by atoms with van der Waals surface area (Å²) in [5, 5.41) is 0.102. The molecule has 1 aliphatic carbocycles. The molecule has 1 saturated carbocycles. The molecule has 0 spiro atoms. The van der Waals surface area contributed by atoms with E-state index in [2.05, 4.69) is 9.97 Å². The zero-order chi connectivity index (χ0) is 20.5. The van der Waals surface area contributed by atoms with Gasteiger partial charge in [0.25, 0.3) is 0 Å². The topological polar surface area (TPSA) is 93.8 Å². The van der Waals surface area contributed by atoms with Crippen LogP contribution in [0, 0.1) is 11.7 Å². The molecule has 1 aromatic carbocycles. The van der Waals surface area contributed by atoms with Gasteiger partial charge in [0.2, 0.25) is 11.9 Å². The lowest BCUT2D eigenvalue weighted by atomic mass is 10.2. The van der Waals surface area contributed by atoms with Gasteiger partial charge in [-0.3, -0.25) is 4.79 Å². The Bertz CT molecular complexity index is 968. The van der Waals surface area contributed by atoms with Gasteiger partial charge in [0, 0.05) is 32.2 Å². The third kappa shape index (κ3) is 3.76. The first-order chi connectivity index (χ1) is 14.0. The second-order valence-corrected chi connectivity index (χ2v) is 7.24. The number of aromatic nitrogens is 2. The highest BCUT2D eigenvalue weighted by molar-refractivity contribution is 5.92. The number of nitrogens with two attached hydrogens (primary N) is 1. The van der Waals surface area contributed by atoms with E-state index in [1.807, 2.05) is 15.9 Å². The summed E-state index contributed by atoms with van der Waals surface area (Å²) < 4.78 is 25.1. The normalized spacial score (nSPS) is 17.2. The number of methoxy groups -OCH3 is 2. The van der Waals surface area contributed by atoms with Crippen LogP contribution in [0.1, 0.15) is 12.8 Å². The number of rotatable bonds is 5. The molecule has 0 atom stereocenters. The van der Waals surface area contributed by atoms with E-state index in [0.717, 1.165) is 0 Å². The number of allylic oxidation sites excluding steroid dienone is 1. The number of nitrogen functional groups attached to an aromatic ring is 1. The highest BCUT2D eigenvalue weighted by Gasteiger charge is 2.25. The van der Waals surface area contributed by atoms with Crippen molar-refractivity contribution in [1.82, 2.24) is 14.9 Å². The van der Waals surface area contributed by atoms with E-state index in [9.17, 15) is 9.18 Å². The van der Waals surface area contributed by atoms with Crippen molar-refractivity contribution in [2.45, 2.75) is 12.8 Å². The second kappa shape index (κ2) is 7.73. The Labute approximate surface area is 168 Å². The third-order valence-corrected chi connectivity index (χ3v) is 5.29. The molecule has 2 fully saturated rings. The zero-order valence-corrected chi connectivity index (χ0v) is 16.5. The van der Waals surface area contributed by atoms with E-state index >= 15 is 0 Å². The van der Waals surface area contributed by atoms with Crippen LogP contribution in [0.15, 0.2) is 18.2 Å². The van der Waals surface area contributed by atoms with Crippen molar-refractivity contribution in [2.24, 2.45) is 5.92 Å². The molecule has 8 nitrogen and oxygen atoms in total. The second-order valence-electron chi connectivity index (χ2n) is 7.24. The van der Waals surface area contributed by atoms with Crippen LogP contribution in [-0.4, -0.2) is 61.2 Å². The number of carbonyl (C=O) groups is 1. The van der Waals surface area contributed by atoms with Crippen LogP contribution in [-0.2, 0) is 4.79 Å². The number of benzene rings is 1. The maximum Gasteiger partial charge on any atom is 0.246 e. The molecule has 2 N–H and O–H groups in total. The van der Waals surface area contributed by atoms with E-state index < -0.39 is 5.82 Å². The van der Waals surface area contributed by atoms with E-state index in [4.69, 9.17) is 15.2 Å². The van der Waals surface area contributed by atoms with E-state index in [1.165, 1.54) is 27.1 Å². The van der Waals surface area contributed by atoms with E-state index in [0.29, 0.717) is 43.6 Å². The summed E-state index contributed by atoms with van der Waals surface area (Å²) in [6.45, 7) is 2.28. The van der Waals surface area contributed by atoms with Crippen LogP contribution in [0.25, 0.3) is 10.9 Å². The number of fused-ring (bicyclic) bond motifs is 1. The lowest BCUT2D eigenvalue weighted by Gasteiger charge is -2.34. The number of nitrogens with zero attached hydrogens (tertiary/aromatic N) is 4. The molecule has 9 heteroatoms. The first kappa shape index (κ1) is 19.2. The summed E-state index contributed by atoms with van der Waals surface area (Å²) in [5.74, 6) is 0.605. The number of hydrogen-bond acceptors (Lipinski definition) is 7. The Hall–Kier alpha value is -3.10. The molecule has 1 aromatic heterocycles. The highest BCUT2D eigenvalue weighted by Crippen LogP contribution is 2.38. The number of ether oxygens (including phenoxy) is 2. The van der Waals surface area contributed by atoms with Crippen LogP contribution >= 0.6 is 0 Å².